The number of rotatable bonds is 6. The third-order valence-electron chi connectivity index (χ3n) is 5.31. The first kappa shape index (κ1) is 21.4. The molecule has 1 amide bonds. The van der Waals surface area contributed by atoms with Crippen molar-refractivity contribution in [2.24, 2.45) is 0 Å². The zero-order valence-electron chi connectivity index (χ0n) is 16.5. The maximum Gasteiger partial charge on any atom is 0.224 e. The lowest BCUT2D eigenvalue weighted by Gasteiger charge is -2.35. The van der Waals surface area contributed by atoms with E-state index in [2.05, 4.69) is 26.1 Å². The summed E-state index contributed by atoms with van der Waals surface area (Å²) < 4.78 is 17.5. The first-order valence-corrected chi connectivity index (χ1v) is 11.2. The van der Waals surface area contributed by atoms with Gasteiger partial charge >= 0.3 is 0 Å². The molecule has 0 aliphatic carbocycles. The van der Waals surface area contributed by atoms with E-state index < -0.39 is 0 Å². The molecule has 2 aliphatic rings. The van der Waals surface area contributed by atoms with E-state index in [0.717, 1.165) is 28.7 Å². The number of carbonyl (C=O) groups is 1. The highest BCUT2D eigenvalue weighted by Gasteiger charge is 2.25. The van der Waals surface area contributed by atoms with Gasteiger partial charge in [-0.05, 0) is 29.3 Å². The van der Waals surface area contributed by atoms with E-state index in [9.17, 15) is 4.79 Å². The van der Waals surface area contributed by atoms with Crippen LogP contribution in [-0.2, 0) is 16.0 Å². The van der Waals surface area contributed by atoms with E-state index in [1.165, 1.54) is 0 Å². The second-order valence-electron chi connectivity index (χ2n) is 7.25. The third-order valence-corrected chi connectivity index (χ3v) is 6.39. The van der Waals surface area contributed by atoms with Crippen LogP contribution >= 0.6 is 27.5 Å². The van der Waals surface area contributed by atoms with Crippen molar-refractivity contribution < 1.29 is 19.0 Å². The predicted molar refractivity (Wildman–Crippen MR) is 118 cm³/mol. The van der Waals surface area contributed by atoms with Crippen molar-refractivity contribution >= 4 is 33.4 Å². The van der Waals surface area contributed by atoms with Gasteiger partial charge in [-0.3, -0.25) is 9.69 Å². The maximum atomic E-state index is 12.8. The van der Waals surface area contributed by atoms with Gasteiger partial charge in [-0.1, -0.05) is 45.7 Å². The zero-order chi connectivity index (χ0) is 20.9. The standard InChI is InChI=1S/C22H24BrClN2O4/c23-17-13-21-20(29-9-10-30-21)11-15(17)12-22(27)25-14-19(26-5-7-28-8-6-26)16-3-1-2-4-18(16)24/h1-4,11,13,19H,5-10,12,14H2,(H,25,27). The van der Waals surface area contributed by atoms with Crippen LogP contribution in [0.4, 0.5) is 0 Å². The Labute approximate surface area is 189 Å². The second kappa shape index (κ2) is 10.0. The van der Waals surface area contributed by atoms with Crippen molar-refractivity contribution in [1.82, 2.24) is 10.2 Å². The van der Waals surface area contributed by atoms with Gasteiger partial charge in [-0.2, -0.15) is 0 Å². The first-order chi connectivity index (χ1) is 14.6. The molecule has 1 N–H and O–H groups in total. The fourth-order valence-electron chi connectivity index (χ4n) is 3.76. The molecule has 2 heterocycles. The summed E-state index contributed by atoms with van der Waals surface area (Å²) in [4.78, 5) is 15.1. The van der Waals surface area contributed by atoms with Crippen LogP contribution in [0.1, 0.15) is 17.2 Å². The van der Waals surface area contributed by atoms with Gasteiger partial charge in [0.25, 0.3) is 0 Å². The number of amides is 1. The average molecular weight is 496 g/mol. The molecule has 6 nitrogen and oxygen atoms in total. The van der Waals surface area contributed by atoms with Crippen LogP contribution in [0.2, 0.25) is 5.02 Å². The summed E-state index contributed by atoms with van der Waals surface area (Å²) in [5.41, 5.74) is 1.87. The lowest BCUT2D eigenvalue weighted by atomic mass is 10.0. The van der Waals surface area contributed by atoms with Gasteiger partial charge < -0.3 is 19.5 Å². The Bertz CT molecular complexity index is 905. The number of fused-ring (bicyclic) bond motifs is 1. The summed E-state index contributed by atoms with van der Waals surface area (Å²) in [6.45, 7) is 4.49. The summed E-state index contributed by atoms with van der Waals surface area (Å²) in [7, 11) is 0. The summed E-state index contributed by atoms with van der Waals surface area (Å²) in [5, 5.41) is 3.79. The largest absolute Gasteiger partial charge is 0.486 e. The van der Waals surface area contributed by atoms with Crippen LogP contribution in [-0.4, -0.2) is 56.9 Å². The van der Waals surface area contributed by atoms with Crippen molar-refractivity contribution in [3.8, 4) is 11.5 Å². The van der Waals surface area contributed by atoms with Crippen molar-refractivity contribution in [1.29, 1.82) is 0 Å². The number of carbonyl (C=O) groups excluding carboxylic acids is 1. The highest BCUT2D eigenvalue weighted by molar-refractivity contribution is 9.10. The summed E-state index contributed by atoms with van der Waals surface area (Å²) in [6.07, 6.45) is 0.246. The molecule has 8 heteroatoms. The molecule has 0 bridgehead atoms. The number of nitrogens with zero attached hydrogens (tertiary/aromatic N) is 1. The number of hydrogen-bond acceptors (Lipinski definition) is 5. The minimum absolute atomic E-state index is 0.00439. The number of morpholine rings is 1. The molecule has 4 rings (SSSR count). The van der Waals surface area contributed by atoms with Crippen LogP contribution in [0, 0.1) is 0 Å². The highest BCUT2D eigenvalue weighted by Crippen LogP contribution is 2.35. The van der Waals surface area contributed by atoms with Gasteiger partial charge in [0.05, 0.1) is 25.7 Å². The monoisotopic (exact) mass is 494 g/mol. The number of nitrogens with one attached hydrogen (secondary N) is 1. The van der Waals surface area contributed by atoms with Crippen LogP contribution in [0.3, 0.4) is 0 Å². The fourth-order valence-corrected chi connectivity index (χ4v) is 4.48. The third kappa shape index (κ3) is 5.09. The normalized spacial score (nSPS) is 17.4. The molecule has 1 unspecified atom stereocenters. The Balaban J connectivity index is 1.44. The molecular formula is C22H24BrClN2O4. The Morgan fingerprint density at radius 3 is 2.53 bits per heavy atom. The topological polar surface area (TPSA) is 60.0 Å². The molecule has 0 saturated carbocycles. The number of halogens is 2. The van der Waals surface area contributed by atoms with Crippen molar-refractivity contribution in [3.05, 3.63) is 57.0 Å². The Morgan fingerprint density at radius 1 is 1.10 bits per heavy atom. The van der Waals surface area contributed by atoms with Crippen LogP contribution < -0.4 is 14.8 Å². The molecule has 160 valence electrons. The molecule has 1 saturated heterocycles. The molecule has 2 aromatic rings. The van der Waals surface area contributed by atoms with Gasteiger partial charge in [0, 0.05) is 29.1 Å². The van der Waals surface area contributed by atoms with Crippen molar-refractivity contribution in [3.63, 3.8) is 0 Å². The summed E-state index contributed by atoms with van der Waals surface area (Å²) in [5.74, 6) is 1.32. The van der Waals surface area contributed by atoms with Gasteiger partial charge in [0.2, 0.25) is 5.91 Å². The van der Waals surface area contributed by atoms with Crippen molar-refractivity contribution in [2.45, 2.75) is 12.5 Å². The van der Waals surface area contributed by atoms with E-state index in [1.807, 2.05) is 36.4 Å². The molecule has 30 heavy (non-hydrogen) atoms. The SMILES string of the molecule is O=C(Cc1cc2c(cc1Br)OCCO2)NCC(c1ccccc1Cl)N1CCOCC1. The minimum Gasteiger partial charge on any atom is -0.486 e. The smallest absolute Gasteiger partial charge is 0.224 e. The van der Waals surface area contributed by atoms with Gasteiger partial charge in [-0.15, -0.1) is 0 Å². The second-order valence-corrected chi connectivity index (χ2v) is 8.52. The van der Waals surface area contributed by atoms with E-state index in [1.54, 1.807) is 0 Å². The van der Waals surface area contributed by atoms with Gasteiger partial charge in [-0.25, -0.2) is 0 Å². The number of benzene rings is 2. The molecule has 2 aliphatic heterocycles. The van der Waals surface area contributed by atoms with E-state index in [0.29, 0.717) is 49.5 Å². The minimum atomic E-state index is -0.0577. The number of ether oxygens (including phenoxy) is 3. The van der Waals surface area contributed by atoms with E-state index >= 15 is 0 Å². The van der Waals surface area contributed by atoms with Crippen LogP contribution in [0.15, 0.2) is 40.9 Å². The molecule has 1 fully saturated rings. The first-order valence-electron chi connectivity index (χ1n) is 10.0. The summed E-state index contributed by atoms with van der Waals surface area (Å²) in [6, 6.07) is 11.5. The molecular weight excluding hydrogens is 472 g/mol. The summed E-state index contributed by atoms with van der Waals surface area (Å²) >= 11 is 10.0. The number of hydrogen-bond donors (Lipinski definition) is 1. The molecule has 2 aromatic carbocycles. The average Bonchev–Trinajstić information content (AvgIpc) is 2.76. The zero-order valence-corrected chi connectivity index (χ0v) is 18.9. The van der Waals surface area contributed by atoms with Gasteiger partial charge in [0.15, 0.2) is 11.5 Å². The predicted octanol–water partition coefficient (Wildman–Crippen LogP) is 3.61. The van der Waals surface area contributed by atoms with Gasteiger partial charge in [0.1, 0.15) is 13.2 Å². The maximum absolute atomic E-state index is 12.8. The fraction of sp³-hybridized carbons (Fsp3) is 0.409. The molecule has 1 atom stereocenters. The Kier molecular flexibility index (Phi) is 7.15. The van der Waals surface area contributed by atoms with Crippen molar-refractivity contribution in [2.75, 3.05) is 46.1 Å². The molecule has 0 spiro atoms. The van der Waals surface area contributed by atoms with E-state index in [-0.39, 0.29) is 18.4 Å². The Morgan fingerprint density at radius 2 is 1.80 bits per heavy atom. The lowest BCUT2D eigenvalue weighted by molar-refractivity contribution is -0.120. The van der Waals surface area contributed by atoms with Crippen LogP contribution in [0.5, 0.6) is 11.5 Å². The van der Waals surface area contributed by atoms with E-state index in [4.69, 9.17) is 25.8 Å². The molecule has 0 radical (unpaired) electrons. The highest BCUT2D eigenvalue weighted by atomic mass is 79.9. The van der Waals surface area contributed by atoms with Crippen LogP contribution in [0.25, 0.3) is 0 Å². The molecule has 0 aromatic heterocycles. The lowest BCUT2D eigenvalue weighted by Crippen LogP contribution is -2.44. The Hall–Kier alpha value is -1.80. The quantitative estimate of drug-likeness (QED) is 0.663.